The van der Waals surface area contributed by atoms with Crippen molar-refractivity contribution >= 4 is 17.5 Å². The van der Waals surface area contributed by atoms with Crippen LogP contribution in [-0.2, 0) is 0 Å². The summed E-state index contributed by atoms with van der Waals surface area (Å²) in [5.74, 6) is -0.310. The molecule has 2 rings (SSSR count). The van der Waals surface area contributed by atoms with E-state index in [2.05, 4.69) is 10.3 Å². The van der Waals surface area contributed by atoms with E-state index in [4.69, 9.17) is 16.7 Å². The minimum Gasteiger partial charge on any atom is -0.396 e. The third-order valence-corrected chi connectivity index (χ3v) is 3.98. The molecule has 7 heteroatoms. The second kappa shape index (κ2) is 7.13. The van der Waals surface area contributed by atoms with Gasteiger partial charge in [-0.25, -0.2) is 8.78 Å². The molecule has 116 valence electrons. The molecule has 1 aliphatic rings. The molecule has 1 saturated carbocycles. The van der Waals surface area contributed by atoms with E-state index in [-0.39, 0.29) is 29.2 Å². The number of amides is 1. The lowest BCUT2D eigenvalue weighted by atomic mass is 9.86. The fourth-order valence-electron chi connectivity index (χ4n) is 2.56. The lowest BCUT2D eigenvalue weighted by molar-refractivity contribution is 0.0898. The van der Waals surface area contributed by atoms with Crippen LogP contribution >= 0.6 is 11.6 Å². The Balaban J connectivity index is 2.05. The van der Waals surface area contributed by atoms with Crippen molar-refractivity contribution in [2.75, 3.05) is 6.61 Å². The number of hydrogen-bond acceptors (Lipinski definition) is 3. The molecule has 1 aliphatic carbocycles. The zero-order valence-electron chi connectivity index (χ0n) is 11.4. The Kier molecular flexibility index (Phi) is 5.47. The normalized spacial score (nSPS) is 22.3. The zero-order chi connectivity index (χ0) is 15.4. The Morgan fingerprint density at radius 3 is 2.67 bits per heavy atom. The molecule has 0 atom stereocenters. The molecule has 0 unspecified atom stereocenters. The lowest BCUT2D eigenvalue weighted by Gasteiger charge is -2.28. The van der Waals surface area contributed by atoms with Gasteiger partial charge in [0, 0.05) is 18.8 Å². The molecule has 0 spiro atoms. The first-order chi connectivity index (χ1) is 10.0. The number of aromatic nitrogens is 1. The Bertz CT molecular complexity index is 506. The number of carbonyl (C=O) groups is 1. The summed E-state index contributed by atoms with van der Waals surface area (Å²) in [5, 5.41) is 12.0. The molecule has 4 nitrogen and oxygen atoms in total. The molecule has 1 amide bonds. The number of hydrogen-bond donors (Lipinski definition) is 2. The van der Waals surface area contributed by atoms with Crippen LogP contribution in [0.25, 0.3) is 0 Å². The maximum Gasteiger partial charge on any atom is 0.281 e. The van der Waals surface area contributed by atoms with Gasteiger partial charge in [-0.15, -0.1) is 0 Å². The van der Waals surface area contributed by atoms with E-state index in [9.17, 15) is 13.6 Å². The topological polar surface area (TPSA) is 62.2 Å². The predicted molar refractivity (Wildman–Crippen MR) is 74.5 cm³/mol. The molecule has 1 heterocycles. The number of alkyl halides is 2. The number of nitrogens with zero attached hydrogens (tertiary/aromatic N) is 1. The number of pyridine rings is 1. The van der Waals surface area contributed by atoms with Gasteiger partial charge in [0.15, 0.2) is 0 Å². The highest BCUT2D eigenvalue weighted by molar-refractivity contribution is 6.30. The van der Waals surface area contributed by atoms with E-state index in [0.717, 1.165) is 31.9 Å². The average Bonchev–Trinajstić information content (AvgIpc) is 2.47. The van der Waals surface area contributed by atoms with E-state index >= 15 is 0 Å². The van der Waals surface area contributed by atoms with Gasteiger partial charge in [0.05, 0.1) is 10.6 Å². The third-order valence-electron chi connectivity index (χ3n) is 3.78. The smallest absolute Gasteiger partial charge is 0.281 e. The predicted octanol–water partition coefficient (Wildman–Crippen LogP) is 2.95. The summed E-state index contributed by atoms with van der Waals surface area (Å²) in [6, 6.07) is 1.15. The Labute approximate surface area is 126 Å². The van der Waals surface area contributed by atoms with Crippen molar-refractivity contribution in [2.45, 2.75) is 38.2 Å². The van der Waals surface area contributed by atoms with Crippen molar-refractivity contribution in [3.8, 4) is 0 Å². The average molecular weight is 319 g/mol. The number of halogens is 3. The quantitative estimate of drug-likeness (QED) is 0.897. The molecule has 0 bridgehead atoms. The van der Waals surface area contributed by atoms with Gasteiger partial charge < -0.3 is 10.4 Å². The molecule has 0 aliphatic heterocycles. The minimum atomic E-state index is -2.83. The van der Waals surface area contributed by atoms with Gasteiger partial charge in [-0.05, 0) is 37.7 Å². The van der Waals surface area contributed by atoms with Crippen LogP contribution in [0.3, 0.4) is 0 Å². The van der Waals surface area contributed by atoms with E-state index < -0.39 is 18.0 Å². The van der Waals surface area contributed by atoms with Crippen molar-refractivity contribution in [2.24, 2.45) is 5.92 Å². The van der Waals surface area contributed by atoms with Crippen LogP contribution in [0.4, 0.5) is 8.78 Å². The van der Waals surface area contributed by atoms with Gasteiger partial charge in [0.2, 0.25) is 0 Å². The number of aliphatic hydroxyl groups excluding tert-OH is 1. The molecule has 1 fully saturated rings. The van der Waals surface area contributed by atoms with Crippen LogP contribution in [-0.4, -0.2) is 28.6 Å². The molecule has 0 aromatic carbocycles. The fraction of sp³-hybridized carbons (Fsp3) is 0.571. The van der Waals surface area contributed by atoms with E-state index in [1.54, 1.807) is 0 Å². The van der Waals surface area contributed by atoms with E-state index in [1.807, 2.05) is 0 Å². The maximum atomic E-state index is 12.9. The number of rotatable bonds is 4. The Morgan fingerprint density at radius 1 is 1.43 bits per heavy atom. The van der Waals surface area contributed by atoms with Crippen LogP contribution < -0.4 is 5.32 Å². The summed E-state index contributed by atoms with van der Waals surface area (Å²) in [6.45, 7) is 0.147. The maximum absolute atomic E-state index is 12.9. The highest BCUT2D eigenvalue weighted by Crippen LogP contribution is 2.26. The van der Waals surface area contributed by atoms with Gasteiger partial charge in [-0.3, -0.25) is 9.78 Å². The summed E-state index contributed by atoms with van der Waals surface area (Å²) in [7, 11) is 0. The summed E-state index contributed by atoms with van der Waals surface area (Å²) in [4.78, 5) is 15.7. The van der Waals surface area contributed by atoms with Crippen molar-refractivity contribution in [3.05, 3.63) is 28.5 Å². The molecule has 0 radical (unpaired) electrons. The van der Waals surface area contributed by atoms with E-state index in [0.29, 0.717) is 0 Å². The number of aliphatic hydroxyl groups is 1. The molecular formula is C14H17ClF2N2O2. The third kappa shape index (κ3) is 4.11. The Hall–Kier alpha value is -1.27. The molecule has 1 aromatic rings. The minimum absolute atomic E-state index is 0.0650. The van der Waals surface area contributed by atoms with Crippen molar-refractivity contribution < 1.29 is 18.7 Å². The highest BCUT2D eigenvalue weighted by atomic mass is 35.5. The standard InChI is InChI=1S/C14H17ClF2N2O2/c15-9-5-11(12(13(16)17)18-6-9)14(21)19-10-3-1-8(7-20)2-4-10/h5-6,8,10,13,20H,1-4,7H2,(H,19,21)/t8-,10-. The van der Waals surface area contributed by atoms with Crippen LogP contribution in [0.5, 0.6) is 0 Å². The summed E-state index contributed by atoms with van der Waals surface area (Å²) in [5.41, 5.74) is -0.734. The van der Waals surface area contributed by atoms with Crippen molar-refractivity contribution in [1.82, 2.24) is 10.3 Å². The number of carbonyl (C=O) groups excluding carboxylic acids is 1. The summed E-state index contributed by atoms with van der Waals surface area (Å²) in [6.07, 6.45) is 1.37. The van der Waals surface area contributed by atoms with Crippen LogP contribution in [0.15, 0.2) is 12.3 Å². The van der Waals surface area contributed by atoms with Crippen molar-refractivity contribution in [3.63, 3.8) is 0 Å². The fourth-order valence-corrected chi connectivity index (χ4v) is 2.72. The largest absolute Gasteiger partial charge is 0.396 e. The second-order valence-electron chi connectivity index (χ2n) is 5.26. The van der Waals surface area contributed by atoms with Crippen molar-refractivity contribution in [1.29, 1.82) is 0 Å². The Morgan fingerprint density at radius 2 is 2.10 bits per heavy atom. The van der Waals surface area contributed by atoms with E-state index in [1.165, 1.54) is 6.07 Å². The molecular weight excluding hydrogens is 302 g/mol. The zero-order valence-corrected chi connectivity index (χ0v) is 12.1. The number of nitrogens with one attached hydrogen (secondary N) is 1. The molecule has 2 N–H and O–H groups in total. The molecule has 21 heavy (non-hydrogen) atoms. The summed E-state index contributed by atoms with van der Waals surface area (Å²) < 4.78 is 25.8. The molecule has 1 aromatic heterocycles. The highest BCUT2D eigenvalue weighted by Gasteiger charge is 2.25. The van der Waals surface area contributed by atoms with Gasteiger partial charge >= 0.3 is 0 Å². The second-order valence-corrected chi connectivity index (χ2v) is 5.70. The van der Waals surface area contributed by atoms with Gasteiger partial charge in [0.1, 0.15) is 5.69 Å². The van der Waals surface area contributed by atoms with Gasteiger partial charge in [-0.2, -0.15) is 0 Å². The van der Waals surface area contributed by atoms with Gasteiger partial charge in [0.25, 0.3) is 12.3 Å². The SMILES string of the molecule is O=C(N[C@H]1CC[C@H](CO)CC1)c1cc(Cl)cnc1C(F)F. The van der Waals surface area contributed by atoms with Crippen LogP contribution in [0.2, 0.25) is 5.02 Å². The first kappa shape index (κ1) is 16.1. The van der Waals surface area contributed by atoms with Crippen LogP contribution in [0, 0.1) is 5.92 Å². The first-order valence-corrected chi connectivity index (χ1v) is 7.24. The summed E-state index contributed by atoms with van der Waals surface area (Å²) >= 11 is 5.73. The van der Waals surface area contributed by atoms with Crippen LogP contribution in [0.1, 0.15) is 48.2 Å². The lowest BCUT2D eigenvalue weighted by Crippen LogP contribution is -2.38. The van der Waals surface area contributed by atoms with Gasteiger partial charge in [-0.1, -0.05) is 11.6 Å². The molecule has 0 saturated heterocycles. The monoisotopic (exact) mass is 318 g/mol. The first-order valence-electron chi connectivity index (χ1n) is 6.86.